The smallest absolute Gasteiger partial charge is 0.168 e. The average molecular weight is 152 g/mol. The quantitative estimate of drug-likeness (QED) is 0.602. The molecule has 3 heteroatoms. The molecule has 0 unspecified atom stereocenters. The Bertz CT molecular complexity index is 273. The predicted molar refractivity (Wildman–Crippen MR) is 38.7 cm³/mol. The first-order valence-corrected chi connectivity index (χ1v) is 3.18. The third-order valence-electron chi connectivity index (χ3n) is 1.34. The van der Waals surface area contributed by atoms with Gasteiger partial charge >= 0.3 is 0 Å². The Labute approximate surface area is 64.1 Å². The first-order valence-electron chi connectivity index (χ1n) is 3.18. The monoisotopic (exact) mass is 152 g/mol. The summed E-state index contributed by atoms with van der Waals surface area (Å²) in [6.07, 6.45) is 3.27. The zero-order chi connectivity index (χ0) is 8.27. The Morgan fingerprint density at radius 3 is 2.91 bits per heavy atom. The fraction of sp³-hybridized carbons (Fsp3) is 0.125. The molecule has 11 heavy (non-hydrogen) atoms. The van der Waals surface area contributed by atoms with E-state index in [1.54, 1.807) is 13.3 Å². The molecule has 0 aliphatic heterocycles. The van der Waals surface area contributed by atoms with Crippen molar-refractivity contribution in [2.45, 2.75) is 6.92 Å². The van der Waals surface area contributed by atoms with Crippen LogP contribution in [0.15, 0.2) is 12.3 Å². The van der Waals surface area contributed by atoms with Gasteiger partial charge in [0, 0.05) is 0 Å². The molecule has 0 saturated heterocycles. The van der Waals surface area contributed by atoms with Gasteiger partial charge in [-0.05, 0) is 18.1 Å². The van der Waals surface area contributed by atoms with E-state index in [4.69, 9.17) is 0 Å². The second-order valence-electron chi connectivity index (χ2n) is 2.03. The van der Waals surface area contributed by atoms with E-state index in [1.807, 2.05) is 0 Å². The predicted octanol–water partition coefficient (Wildman–Crippen LogP) is 1.61. The molecular weight excluding hydrogens is 145 g/mol. The molecule has 1 heterocycles. The molecule has 0 spiro atoms. The Morgan fingerprint density at radius 1 is 1.64 bits per heavy atom. The van der Waals surface area contributed by atoms with E-state index in [-0.39, 0.29) is 5.69 Å². The Kier molecular flexibility index (Phi) is 2.31. The summed E-state index contributed by atoms with van der Waals surface area (Å²) in [5, 5.41) is 0. The third-order valence-corrected chi connectivity index (χ3v) is 1.34. The number of carbonyl (C=O) groups is 1. The third kappa shape index (κ3) is 1.61. The fourth-order valence-electron chi connectivity index (χ4n) is 0.795. The molecule has 1 aromatic rings. The molecule has 0 saturated carbocycles. The number of carbonyl (C=O) groups excluding carboxylic acids is 1. The molecule has 0 N–H and O–H groups in total. The molecule has 0 aliphatic carbocycles. The number of aldehydes is 1. The molecule has 1 rings (SSSR count). The molecule has 57 valence electrons. The topological polar surface area (TPSA) is 30.0 Å². The zero-order valence-corrected chi connectivity index (χ0v) is 6.04. The summed E-state index contributed by atoms with van der Waals surface area (Å²) >= 11 is 0. The van der Waals surface area contributed by atoms with Crippen molar-refractivity contribution in [2.24, 2.45) is 0 Å². The van der Waals surface area contributed by atoms with Crippen LogP contribution in [-0.2, 0) is 0 Å². The summed E-state index contributed by atoms with van der Waals surface area (Å²) in [6.45, 7) is 1.73. The molecule has 0 aliphatic rings. The van der Waals surface area contributed by atoms with Gasteiger partial charge in [0.15, 0.2) is 6.29 Å². The Balaban J connectivity index is 3.16. The summed E-state index contributed by atoms with van der Waals surface area (Å²) in [6, 6.07) is 1.27. The molecule has 0 amide bonds. The summed E-state index contributed by atoms with van der Waals surface area (Å²) < 4.78 is 12.5. The first kappa shape index (κ1) is 7.85. The summed E-state index contributed by atoms with van der Waals surface area (Å²) in [5.74, 6) is -0.427. The number of nitrogens with zero attached hydrogens (tertiary/aromatic N) is 1. The lowest BCUT2D eigenvalue weighted by Gasteiger charge is -1.98. The molecule has 0 atom stereocenters. The van der Waals surface area contributed by atoms with E-state index in [0.29, 0.717) is 11.8 Å². The average Bonchev–Trinajstić information content (AvgIpc) is 2.04. The van der Waals surface area contributed by atoms with Crippen LogP contribution in [0.2, 0.25) is 0 Å². The van der Waals surface area contributed by atoms with E-state index in [2.05, 4.69) is 4.98 Å². The van der Waals surface area contributed by atoms with Crippen LogP contribution in [0.25, 0.3) is 0 Å². The standard InChI is InChI=1S/C8H7FNO/c1-2-6-3-7(9)4-10-8(6)5-11/h2-5H,1H3. The van der Waals surface area contributed by atoms with Gasteiger partial charge < -0.3 is 0 Å². The van der Waals surface area contributed by atoms with Crippen molar-refractivity contribution in [1.82, 2.24) is 4.98 Å². The van der Waals surface area contributed by atoms with Crippen molar-refractivity contribution in [3.8, 4) is 0 Å². The Hall–Kier alpha value is -1.25. The van der Waals surface area contributed by atoms with Crippen LogP contribution in [0, 0.1) is 12.2 Å². The zero-order valence-electron chi connectivity index (χ0n) is 6.04. The van der Waals surface area contributed by atoms with E-state index >= 15 is 0 Å². The van der Waals surface area contributed by atoms with E-state index in [0.717, 1.165) is 6.20 Å². The number of hydrogen-bond donors (Lipinski definition) is 0. The van der Waals surface area contributed by atoms with Crippen LogP contribution in [0.1, 0.15) is 23.0 Å². The maximum absolute atomic E-state index is 12.5. The van der Waals surface area contributed by atoms with Crippen molar-refractivity contribution in [2.75, 3.05) is 0 Å². The molecule has 1 radical (unpaired) electrons. The summed E-state index contributed by atoms with van der Waals surface area (Å²) in [7, 11) is 0. The second kappa shape index (κ2) is 3.23. The fourth-order valence-corrected chi connectivity index (χ4v) is 0.795. The maximum atomic E-state index is 12.5. The molecule has 2 nitrogen and oxygen atoms in total. The molecule has 1 aromatic heterocycles. The molecule has 0 fully saturated rings. The van der Waals surface area contributed by atoms with Gasteiger partial charge in [-0.2, -0.15) is 0 Å². The van der Waals surface area contributed by atoms with E-state index in [1.165, 1.54) is 6.07 Å². The highest BCUT2D eigenvalue weighted by Gasteiger charge is 2.01. The lowest BCUT2D eigenvalue weighted by Crippen LogP contribution is -1.94. The lowest BCUT2D eigenvalue weighted by atomic mass is 10.1. The minimum absolute atomic E-state index is 0.272. The van der Waals surface area contributed by atoms with Crippen molar-refractivity contribution in [1.29, 1.82) is 0 Å². The van der Waals surface area contributed by atoms with Gasteiger partial charge in [-0.25, -0.2) is 4.39 Å². The minimum atomic E-state index is -0.427. The molecule has 0 bridgehead atoms. The highest BCUT2D eigenvalue weighted by Crippen LogP contribution is 2.07. The second-order valence-corrected chi connectivity index (χ2v) is 2.03. The summed E-state index contributed by atoms with van der Waals surface area (Å²) in [5.41, 5.74) is 0.800. The van der Waals surface area contributed by atoms with Crippen LogP contribution < -0.4 is 0 Å². The van der Waals surface area contributed by atoms with Gasteiger partial charge in [0.1, 0.15) is 11.5 Å². The molecular formula is C8H7FNO. The maximum Gasteiger partial charge on any atom is 0.168 e. The highest BCUT2D eigenvalue weighted by atomic mass is 19.1. The number of halogens is 1. The number of pyridine rings is 1. The number of rotatable bonds is 2. The van der Waals surface area contributed by atoms with E-state index < -0.39 is 5.82 Å². The van der Waals surface area contributed by atoms with Gasteiger partial charge in [-0.15, -0.1) is 0 Å². The van der Waals surface area contributed by atoms with Crippen LogP contribution >= 0.6 is 0 Å². The number of aromatic nitrogens is 1. The summed E-state index contributed by atoms with van der Waals surface area (Å²) in [4.78, 5) is 13.9. The van der Waals surface area contributed by atoms with Crippen molar-refractivity contribution < 1.29 is 9.18 Å². The van der Waals surface area contributed by atoms with Gasteiger partial charge in [-0.1, -0.05) is 6.92 Å². The normalized spacial score (nSPS) is 9.64. The van der Waals surface area contributed by atoms with Gasteiger partial charge in [0.2, 0.25) is 0 Å². The Morgan fingerprint density at radius 2 is 2.36 bits per heavy atom. The minimum Gasteiger partial charge on any atom is -0.296 e. The van der Waals surface area contributed by atoms with Crippen molar-refractivity contribution >= 4 is 6.29 Å². The van der Waals surface area contributed by atoms with Crippen LogP contribution in [0.3, 0.4) is 0 Å². The SMILES string of the molecule is C[CH]c1cc(F)cnc1C=O. The van der Waals surface area contributed by atoms with Gasteiger partial charge in [0.05, 0.1) is 6.20 Å². The lowest BCUT2D eigenvalue weighted by molar-refractivity contribution is 0.111. The van der Waals surface area contributed by atoms with Gasteiger partial charge in [0.25, 0.3) is 0 Å². The largest absolute Gasteiger partial charge is 0.296 e. The highest BCUT2D eigenvalue weighted by molar-refractivity contribution is 5.74. The van der Waals surface area contributed by atoms with Gasteiger partial charge in [-0.3, -0.25) is 9.78 Å². The van der Waals surface area contributed by atoms with Crippen molar-refractivity contribution in [3.05, 3.63) is 35.8 Å². The van der Waals surface area contributed by atoms with E-state index in [9.17, 15) is 9.18 Å². The number of hydrogen-bond acceptors (Lipinski definition) is 2. The van der Waals surface area contributed by atoms with Crippen LogP contribution in [0.4, 0.5) is 4.39 Å². The van der Waals surface area contributed by atoms with Crippen LogP contribution in [0.5, 0.6) is 0 Å². The van der Waals surface area contributed by atoms with Crippen LogP contribution in [-0.4, -0.2) is 11.3 Å². The first-order chi connectivity index (χ1) is 5.27. The molecule has 0 aromatic carbocycles. The van der Waals surface area contributed by atoms with Crippen molar-refractivity contribution in [3.63, 3.8) is 0 Å².